The maximum Gasteiger partial charge on any atom is 0.173 e. The van der Waals surface area contributed by atoms with Crippen LogP contribution < -0.4 is 14.8 Å². The zero-order valence-corrected chi connectivity index (χ0v) is 16.1. The molecular formula is C16H19BrN2O3S. The minimum absolute atomic E-state index is 0.0182. The second-order valence-electron chi connectivity index (χ2n) is 5.23. The van der Waals surface area contributed by atoms with Crippen molar-refractivity contribution in [2.45, 2.75) is 19.9 Å². The summed E-state index contributed by atoms with van der Waals surface area (Å²) in [6.07, 6.45) is 0. The number of carbonyl (C=O) groups excluding carboxylic acids is 1. The molecule has 1 N–H and O–H groups in total. The third-order valence-corrected chi connectivity index (χ3v) is 4.77. The second kappa shape index (κ2) is 6.88. The number of hydrogen-bond donors (Lipinski definition) is 1. The molecule has 0 fully saturated rings. The summed E-state index contributed by atoms with van der Waals surface area (Å²) < 4.78 is 11.7. The van der Waals surface area contributed by atoms with Crippen molar-refractivity contribution in [3.63, 3.8) is 0 Å². The van der Waals surface area contributed by atoms with Gasteiger partial charge in [-0.2, -0.15) is 0 Å². The monoisotopic (exact) mass is 398 g/mol. The van der Waals surface area contributed by atoms with E-state index in [2.05, 4.69) is 21.2 Å². The number of ketones is 1. The molecule has 0 aromatic heterocycles. The van der Waals surface area contributed by atoms with Gasteiger partial charge in [-0.05, 0) is 38.2 Å². The first kappa shape index (κ1) is 17.7. The Bertz CT molecular complexity index is 703. The molecule has 1 aromatic rings. The Labute approximate surface area is 149 Å². The minimum atomic E-state index is -0.391. The third-order valence-electron chi connectivity index (χ3n) is 3.92. The fourth-order valence-corrected chi connectivity index (χ4v) is 3.41. The second-order valence-corrected chi connectivity index (χ2v) is 6.53. The number of ether oxygens (including phenoxy) is 2. The molecule has 0 aliphatic carbocycles. The maximum atomic E-state index is 12.2. The van der Waals surface area contributed by atoms with Gasteiger partial charge in [0.15, 0.2) is 22.4 Å². The van der Waals surface area contributed by atoms with E-state index in [9.17, 15) is 4.79 Å². The molecule has 7 heteroatoms. The summed E-state index contributed by atoms with van der Waals surface area (Å²) in [6.45, 7) is 3.44. The Morgan fingerprint density at radius 1 is 1.35 bits per heavy atom. The Balaban J connectivity index is 2.71. The van der Waals surface area contributed by atoms with Gasteiger partial charge >= 0.3 is 0 Å². The lowest BCUT2D eigenvalue weighted by molar-refractivity contribution is -0.114. The predicted octanol–water partition coefficient (Wildman–Crippen LogP) is 3.19. The van der Waals surface area contributed by atoms with E-state index in [1.54, 1.807) is 26.0 Å². The highest BCUT2D eigenvalue weighted by atomic mass is 79.9. The van der Waals surface area contributed by atoms with Crippen LogP contribution in [0.3, 0.4) is 0 Å². The number of allylic oxidation sites excluding steroid dienone is 1. The van der Waals surface area contributed by atoms with Gasteiger partial charge in [0, 0.05) is 28.4 Å². The van der Waals surface area contributed by atoms with Gasteiger partial charge in [0.1, 0.15) is 0 Å². The van der Waals surface area contributed by atoms with E-state index >= 15 is 0 Å². The van der Waals surface area contributed by atoms with E-state index in [1.807, 2.05) is 26.1 Å². The van der Waals surface area contributed by atoms with Gasteiger partial charge in [-0.25, -0.2) is 0 Å². The lowest BCUT2D eigenvalue weighted by atomic mass is 9.92. The standard InChI is InChI=1S/C16H19BrN2O3S/c1-8-13(9(2)20)14(18-16(23)19(8)3)11-6-10(17)7-12(21-4)15(11)22-5/h6-7,14H,1-5H3,(H,18,23). The summed E-state index contributed by atoms with van der Waals surface area (Å²) in [6, 6.07) is 3.33. The van der Waals surface area contributed by atoms with Gasteiger partial charge in [0.2, 0.25) is 0 Å². The van der Waals surface area contributed by atoms with Crippen molar-refractivity contribution in [2.75, 3.05) is 21.3 Å². The molecule has 0 amide bonds. The number of thiocarbonyl (C=S) groups is 1. The summed E-state index contributed by atoms with van der Waals surface area (Å²) in [5, 5.41) is 3.77. The van der Waals surface area contributed by atoms with Crippen molar-refractivity contribution < 1.29 is 14.3 Å². The Morgan fingerprint density at radius 3 is 2.52 bits per heavy atom. The predicted molar refractivity (Wildman–Crippen MR) is 96.9 cm³/mol. The van der Waals surface area contributed by atoms with Gasteiger partial charge in [-0.15, -0.1) is 0 Å². The molecule has 0 bridgehead atoms. The van der Waals surface area contributed by atoms with Crippen LogP contribution in [0.2, 0.25) is 0 Å². The van der Waals surface area contributed by atoms with Gasteiger partial charge in [-0.3, -0.25) is 4.79 Å². The summed E-state index contributed by atoms with van der Waals surface area (Å²) in [4.78, 5) is 14.0. The average Bonchev–Trinajstić information content (AvgIpc) is 2.50. The summed E-state index contributed by atoms with van der Waals surface area (Å²) >= 11 is 8.86. The highest BCUT2D eigenvalue weighted by Crippen LogP contribution is 2.42. The highest BCUT2D eigenvalue weighted by Gasteiger charge is 2.33. The van der Waals surface area contributed by atoms with Crippen molar-refractivity contribution >= 4 is 39.0 Å². The van der Waals surface area contributed by atoms with Crippen molar-refractivity contribution in [3.05, 3.63) is 33.4 Å². The molecule has 1 aliphatic heterocycles. The largest absolute Gasteiger partial charge is 0.493 e. The van der Waals surface area contributed by atoms with E-state index in [0.717, 1.165) is 15.7 Å². The topological polar surface area (TPSA) is 50.8 Å². The van der Waals surface area contributed by atoms with Crippen molar-refractivity contribution in [3.8, 4) is 11.5 Å². The molecule has 0 saturated heterocycles. The summed E-state index contributed by atoms with van der Waals surface area (Å²) in [5.74, 6) is 1.14. The van der Waals surface area contributed by atoms with Crippen LogP contribution in [-0.4, -0.2) is 37.1 Å². The quantitative estimate of drug-likeness (QED) is 0.785. The number of nitrogens with zero attached hydrogens (tertiary/aromatic N) is 1. The fraction of sp³-hybridized carbons (Fsp3) is 0.375. The van der Waals surface area contributed by atoms with Crippen molar-refractivity contribution in [1.82, 2.24) is 10.2 Å². The first-order chi connectivity index (χ1) is 10.8. The van der Waals surface area contributed by atoms with E-state index in [4.69, 9.17) is 21.7 Å². The van der Waals surface area contributed by atoms with Crippen molar-refractivity contribution in [2.24, 2.45) is 0 Å². The molecule has 124 valence electrons. The van der Waals surface area contributed by atoms with E-state index in [-0.39, 0.29) is 5.78 Å². The molecule has 1 aromatic carbocycles. The Hall–Kier alpha value is -1.60. The van der Waals surface area contributed by atoms with Crippen LogP contribution in [-0.2, 0) is 4.79 Å². The molecular weight excluding hydrogens is 380 g/mol. The lowest BCUT2D eigenvalue weighted by Gasteiger charge is -2.36. The molecule has 1 unspecified atom stereocenters. The van der Waals surface area contributed by atoms with E-state index in [1.165, 1.54) is 0 Å². The first-order valence-electron chi connectivity index (χ1n) is 6.99. The molecule has 0 spiro atoms. The zero-order valence-electron chi connectivity index (χ0n) is 13.7. The molecule has 2 rings (SSSR count). The number of carbonyl (C=O) groups is 1. The van der Waals surface area contributed by atoms with Gasteiger partial charge in [0.05, 0.1) is 20.3 Å². The number of nitrogens with one attached hydrogen (secondary N) is 1. The average molecular weight is 399 g/mol. The molecule has 5 nitrogen and oxygen atoms in total. The molecule has 1 aliphatic rings. The van der Waals surface area contributed by atoms with Crippen LogP contribution in [0.25, 0.3) is 0 Å². The number of hydrogen-bond acceptors (Lipinski definition) is 4. The van der Waals surface area contributed by atoms with Crippen LogP contribution in [0.4, 0.5) is 0 Å². The number of methoxy groups -OCH3 is 2. The minimum Gasteiger partial charge on any atom is -0.493 e. The molecule has 1 heterocycles. The number of Topliss-reactive ketones (excluding diaryl/α,β-unsaturated/α-hetero) is 1. The maximum absolute atomic E-state index is 12.2. The molecule has 0 radical (unpaired) electrons. The molecule has 23 heavy (non-hydrogen) atoms. The van der Waals surface area contributed by atoms with Crippen LogP contribution in [0.5, 0.6) is 11.5 Å². The van der Waals surface area contributed by atoms with Crippen molar-refractivity contribution in [1.29, 1.82) is 0 Å². The zero-order chi connectivity index (χ0) is 17.3. The molecule has 1 atom stereocenters. The summed E-state index contributed by atoms with van der Waals surface area (Å²) in [7, 11) is 4.99. The van der Waals surface area contributed by atoms with Gasteiger partial charge < -0.3 is 19.7 Å². The van der Waals surface area contributed by atoms with Gasteiger partial charge in [-0.1, -0.05) is 15.9 Å². The van der Waals surface area contributed by atoms with Gasteiger partial charge in [0.25, 0.3) is 0 Å². The SMILES string of the molecule is COc1cc(Br)cc(C2NC(=S)N(C)C(C)=C2C(C)=O)c1OC. The number of rotatable bonds is 4. The third kappa shape index (κ3) is 3.21. The van der Waals surface area contributed by atoms with E-state index < -0.39 is 6.04 Å². The highest BCUT2D eigenvalue weighted by molar-refractivity contribution is 9.10. The summed E-state index contributed by atoms with van der Waals surface area (Å²) in [5.41, 5.74) is 2.27. The Morgan fingerprint density at radius 2 is 2.00 bits per heavy atom. The van der Waals surface area contributed by atoms with Crippen LogP contribution in [0.15, 0.2) is 27.9 Å². The van der Waals surface area contributed by atoms with E-state index in [0.29, 0.717) is 22.2 Å². The molecule has 0 saturated carbocycles. The van der Waals surface area contributed by atoms with Crippen LogP contribution >= 0.6 is 28.1 Å². The Kier molecular flexibility index (Phi) is 5.31. The normalized spacial score (nSPS) is 17.9. The lowest BCUT2D eigenvalue weighted by Crippen LogP contribution is -2.45. The first-order valence-corrected chi connectivity index (χ1v) is 8.19. The smallest absolute Gasteiger partial charge is 0.173 e. The fourth-order valence-electron chi connectivity index (χ4n) is 2.70. The van der Waals surface area contributed by atoms with Crippen LogP contribution in [0.1, 0.15) is 25.5 Å². The number of benzene rings is 1. The van der Waals surface area contributed by atoms with Crippen LogP contribution in [0, 0.1) is 0 Å². The number of halogens is 1.